The molecular formula is C25H26N2O4S. The molecular weight excluding hydrogens is 424 g/mol. The molecule has 0 fully saturated rings. The number of benzene rings is 2. The number of thioether (sulfide) groups is 1. The highest BCUT2D eigenvalue weighted by Gasteiger charge is 2.20. The first-order valence-corrected chi connectivity index (χ1v) is 11.5. The number of allylic oxidation sites excluding steroid dienone is 1. The number of hydrogen-bond acceptors (Lipinski definition) is 6. The molecule has 3 aromatic rings. The summed E-state index contributed by atoms with van der Waals surface area (Å²) in [5.41, 5.74) is 5.28. The third-order valence-corrected chi connectivity index (χ3v) is 6.19. The van der Waals surface area contributed by atoms with Crippen molar-refractivity contribution >= 4 is 39.4 Å². The van der Waals surface area contributed by atoms with Crippen LogP contribution in [-0.4, -0.2) is 37.1 Å². The van der Waals surface area contributed by atoms with Gasteiger partial charge in [-0.05, 0) is 50.1 Å². The van der Waals surface area contributed by atoms with Gasteiger partial charge in [0.2, 0.25) is 5.91 Å². The van der Waals surface area contributed by atoms with Gasteiger partial charge in [0.1, 0.15) is 17.1 Å². The number of methoxy groups -OCH3 is 1. The number of hydrogen-bond donors (Lipinski definition) is 1. The molecule has 1 aromatic heterocycles. The Balaban J connectivity index is 1.80. The largest absolute Gasteiger partial charge is 0.497 e. The molecule has 1 amide bonds. The summed E-state index contributed by atoms with van der Waals surface area (Å²) in [5, 5.41) is 4.48. The summed E-state index contributed by atoms with van der Waals surface area (Å²) in [7, 11) is 1.65. The van der Waals surface area contributed by atoms with E-state index in [1.165, 1.54) is 0 Å². The van der Waals surface area contributed by atoms with Gasteiger partial charge in [0.15, 0.2) is 5.17 Å². The van der Waals surface area contributed by atoms with Crippen molar-refractivity contribution in [3.05, 3.63) is 53.8 Å². The molecule has 1 aliphatic heterocycles. The SMILES string of the molecule is CCOc1c(/C(C)=C/C(=O)NC2=NCCS2)cc2c(-c3cccc(OC)c3)coc2c1C. The summed E-state index contributed by atoms with van der Waals surface area (Å²) in [6.07, 6.45) is 3.35. The minimum absolute atomic E-state index is 0.198. The molecule has 2 aromatic carbocycles. The molecule has 0 radical (unpaired) electrons. The second kappa shape index (κ2) is 9.53. The van der Waals surface area contributed by atoms with Crippen molar-refractivity contribution in [2.75, 3.05) is 26.0 Å². The topological polar surface area (TPSA) is 73.1 Å². The minimum atomic E-state index is -0.198. The lowest BCUT2D eigenvalue weighted by Crippen LogP contribution is -2.25. The fraction of sp³-hybridized carbons (Fsp3) is 0.280. The lowest BCUT2D eigenvalue weighted by molar-refractivity contribution is -0.115. The van der Waals surface area contributed by atoms with Crippen molar-refractivity contribution in [3.8, 4) is 22.6 Å². The second-order valence-electron chi connectivity index (χ2n) is 7.42. The number of amides is 1. The molecule has 7 heteroatoms. The molecule has 6 nitrogen and oxygen atoms in total. The summed E-state index contributed by atoms with van der Waals surface area (Å²) in [5.74, 6) is 2.20. The van der Waals surface area contributed by atoms with Crippen LogP contribution in [0.2, 0.25) is 0 Å². The molecule has 2 heterocycles. The molecule has 4 rings (SSSR count). The van der Waals surface area contributed by atoms with E-state index < -0.39 is 0 Å². The Morgan fingerprint density at radius 3 is 2.91 bits per heavy atom. The van der Waals surface area contributed by atoms with Crippen molar-refractivity contribution in [1.29, 1.82) is 0 Å². The van der Waals surface area contributed by atoms with E-state index in [-0.39, 0.29) is 5.91 Å². The number of nitrogens with one attached hydrogen (secondary N) is 1. The van der Waals surface area contributed by atoms with Crippen LogP contribution >= 0.6 is 11.8 Å². The number of aryl methyl sites for hydroxylation is 1. The van der Waals surface area contributed by atoms with Crippen molar-refractivity contribution in [3.63, 3.8) is 0 Å². The van der Waals surface area contributed by atoms with Crippen LogP contribution in [0.15, 0.2) is 52.1 Å². The highest BCUT2D eigenvalue weighted by atomic mass is 32.2. The minimum Gasteiger partial charge on any atom is -0.497 e. The van der Waals surface area contributed by atoms with Gasteiger partial charge >= 0.3 is 0 Å². The van der Waals surface area contributed by atoms with Crippen LogP contribution in [0.25, 0.3) is 27.7 Å². The van der Waals surface area contributed by atoms with Gasteiger partial charge in [-0.15, -0.1) is 0 Å². The van der Waals surface area contributed by atoms with Crippen LogP contribution in [0.4, 0.5) is 0 Å². The number of carbonyl (C=O) groups excluding carboxylic acids is 1. The van der Waals surface area contributed by atoms with Crippen LogP contribution in [-0.2, 0) is 4.79 Å². The molecule has 166 valence electrons. The normalized spacial score (nSPS) is 13.9. The number of nitrogens with zero attached hydrogens (tertiary/aromatic N) is 1. The monoisotopic (exact) mass is 450 g/mol. The van der Waals surface area contributed by atoms with E-state index in [1.807, 2.05) is 51.1 Å². The van der Waals surface area contributed by atoms with Crippen molar-refractivity contribution in [1.82, 2.24) is 5.32 Å². The van der Waals surface area contributed by atoms with Gasteiger partial charge in [0.05, 0.1) is 26.5 Å². The molecule has 0 saturated carbocycles. The summed E-state index contributed by atoms with van der Waals surface area (Å²) in [6, 6.07) is 9.90. The second-order valence-corrected chi connectivity index (χ2v) is 8.50. The number of carbonyl (C=O) groups is 1. The van der Waals surface area contributed by atoms with Gasteiger partial charge in [-0.1, -0.05) is 23.9 Å². The summed E-state index contributed by atoms with van der Waals surface area (Å²) < 4.78 is 17.3. The highest BCUT2D eigenvalue weighted by molar-refractivity contribution is 8.14. The predicted octanol–water partition coefficient (Wildman–Crippen LogP) is 5.44. The van der Waals surface area contributed by atoms with E-state index in [2.05, 4.69) is 10.3 Å². The maximum absolute atomic E-state index is 12.6. The van der Waals surface area contributed by atoms with Gasteiger partial charge in [-0.3, -0.25) is 9.79 Å². The summed E-state index contributed by atoms with van der Waals surface area (Å²) in [4.78, 5) is 16.8. The Morgan fingerprint density at radius 2 is 2.19 bits per heavy atom. The van der Waals surface area contributed by atoms with Gasteiger partial charge in [-0.2, -0.15) is 0 Å². The molecule has 1 aliphatic rings. The van der Waals surface area contributed by atoms with Crippen LogP contribution in [0.3, 0.4) is 0 Å². The van der Waals surface area contributed by atoms with E-state index in [9.17, 15) is 4.79 Å². The third-order valence-electron chi connectivity index (χ3n) is 5.30. The standard InChI is InChI=1S/C25H26N2O4S/c1-5-30-23-16(3)24-20(21(14-31-24)17-7-6-8-18(12-17)29-4)13-19(23)15(2)11-22(28)27-25-26-9-10-32-25/h6-8,11-14H,5,9-10H2,1-4H3,(H,26,27,28)/b15-11+. The number of amidine groups is 1. The Morgan fingerprint density at radius 1 is 1.34 bits per heavy atom. The lowest BCUT2D eigenvalue weighted by atomic mass is 9.96. The van der Waals surface area contributed by atoms with Crippen molar-refractivity contribution in [2.45, 2.75) is 20.8 Å². The first-order chi connectivity index (χ1) is 15.5. The highest BCUT2D eigenvalue weighted by Crippen LogP contribution is 2.41. The van der Waals surface area contributed by atoms with Crippen LogP contribution in [0, 0.1) is 6.92 Å². The molecule has 0 aliphatic carbocycles. The van der Waals surface area contributed by atoms with E-state index >= 15 is 0 Å². The third kappa shape index (κ3) is 4.39. The Labute approximate surface area is 191 Å². The van der Waals surface area contributed by atoms with E-state index in [0.29, 0.717) is 11.8 Å². The molecule has 0 unspecified atom stereocenters. The smallest absolute Gasteiger partial charge is 0.250 e. The maximum Gasteiger partial charge on any atom is 0.250 e. The van der Waals surface area contributed by atoms with E-state index in [0.717, 1.165) is 62.6 Å². The molecule has 0 bridgehead atoms. The van der Waals surface area contributed by atoms with Gasteiger partial charge < -0.3 is 19.2 Å². The fourth-order valence-electron chi connectivity index (χ4n) is 3.78. The summed E-state index contributed by atoms with van der Waals surface area (Å²) >= 11 is 1.55. The van der Waals surface area contributed by atoms with Gasteiger partial charge in [-0.25, -0.2) is 0 Å². The zero-order valence-electron chi connectivity index (χ0n) is 18.7. The molecule has 0 saturated heterocycles. The quantitative estimate of drug-likeness (QED) is 0.507. The zero-order valence-corrected chi connectivity index (χ0v) is 19.5. The van der Waals surface area contributed by atoms with Crippen LogP contribution in [0.1, 0.15) is 25.0 Å². The zero-order chi connectivity index (χ0) is 22.7. The average molecular weight is 451 g/mol. The Hall–Kier alpha value is -3.19. The van der Waals surface area contributed by atoms with Crippen molar-refractivity contribution < 1.29 is 18.7 Å². The van der Waals surface area contributed by atoms with E-state index in [1.54, 1.807) is 31.2 Å². The number of aliphatic imine (C=N–C) groups is 1. The van der Waals surface area contributed by atoms with Gasteiger partial charge in [0.25, 0.3) is 0 Å². The average Bonchev–Trinajstić information content (AvgIpc) is 3.45. The summed E-state index contributed by atoms with van der Waals surface area (Å²) in [6.45, 7) is 7.08. The van der Waals surface area contributed by atoms with E-state index in [4.69, 9.17) is 13.9 Å². The lowest BCUT2D eigenvalue weighted by Gasteiger charge is -2.15. The fourth-order valence-corrected chi connectivity index (χ4v) is 4.51. The Kier molecular flexibility index (Phi) is 6.55. The Bertz CT molecular complexity index is 1230. The van der Waals surface area contributed by atoms with Crippen LogP contribution in [0.5, 0.6) is 11.5 Å². The first kappa shape index (κ1) is 22.0. The maximum atomic E-state index is 12.6. The van der Waals surface area contributed by atoms with Gasteiger partial charge in [0, 0.05) is 33.9 Å². The number of rotatable bonds is 6. The predicted molar refractivity (Wildman–Crippen MR) is 131 cm³/mol. The molecule has 1 N–H and O–H groups in total. The van der Waals surface area contributed by atoms with Crippen molar-refractivity contribution in [2.24, 2.45) is 4.99 Å². The molecule has 0 spiro atoms. The van der Waals surface area contributed by atoms with Crippen LogP contribution < -0.4 is 14.8 Å². The molecule has 32 heavy (non-hydrogen) atoms. The first-order valence-electron chi connectivity index (χ1n) is 10.5. The number of ether oxygens (including phenoxy) is 2. The number of fused-ring (bicyclic) bond motifs is 1. The molecule has 0 atom stereocenters. The number of furan rings is 1.